The molecule has 0 saturated heterocycles. The lowest BCUT2D eigenvalue weighted by Crippen LogP contribution is -2.53. The van der Waals surface area contributed by atoms with Gasteiger partial charge in [-0.15, -0.1) is 0 Å². The number of amides is 2. The number of carbonyl (C=O) groups excluding carboxylic acids is 2. The fourth-order valence-corrected chi connectivity index (χ4v) is 7.01. The second-order valence-electron chi connectivity index (χ2n) is 10.5. The van der Waals surface area contributed by atoms with E-state index in [1.165, 1.54) is 29.2 Å². The van der Waals surface area contributed by atoms with Gasteiger partial charge in [-0.1, -0.05) is 71.1 Å². The van der Waals surface area contributed by atoms with Crippen molar-refractivity contribution < 1.29 is 18.0 Å². The smallest absolute Gasteiger partial charge is 0.264 e. The first-order chi connectivity index (χ1) is 19.5. The third-order valence-corrected chi connectivity index (χ3v) is 9.86. The van der Waals surface area contributed by atoms with Gasteiger partial charge in [0.05, 0.1) is 10.6 Å². The maximum atomic E-state index is 14.1. The zero-order valence-corrected chi connectivity index (χ0v) is 26.4. The van der Waals surface area contributed by atoms with Crippen molar-refractivity contribution in [1.82, 2.24) is 10.2 Å². The van der Waals surface area contributed by atoms with Gasteiger partial charge < -0.3 is 10.2 Å². The molecule has 0 radical (unpaired) electrons. The topological polar surface area (TPSA) is 86.8 Å². The summed E-state index contributed by atoms with van der Waals surface area (Å²) in [6.07, 6.45) is 5.12. The molecule has 1 aliphatic rings. The van der Waals surface area contributed by atoms with Gasteiger partial charge in [0.1, 0.15) is 12.6 Å². The molecule has 3 aromatic carbocycles. The van der Waals surface area contributed by atoms with Gasteiger partial charge in [0.15, 0.2) is 0 Å². The van der Waals surface area contributed by atoms with E-state index in [1.54, 1.807) is 25.1 Å². The summed E-state index contributed by atoms with van der Waals surface area (Å²) in [4.78, 5) is 29.0. The summed E-state index contributed by atoms with van der Waals surface area (Å²) in [6, 6.07) is 19.6. The Kier molecular flexibility index (Phi) is 10.5. The first kappa shape index (κ1) is 31.1. The molecule has 1 saturated carbocycles. The standard InChI is InChI=1S/C31H35BrClN3O4S/c1-22-8-6-13-28(18-22)36(41(39,40)29-16-14-26(33)15-17-29)21-30(37)35(20-24-9-7-10-25(32)19-24)23(2)31(38)34-27-11-4-3-5-12-27/h6-10,13-19,23,27H,3-5,11-12,20-21H2,1-2H3,(H,34,38). The van der Waals surface area contributed by atoms with Crippen molar-refractivity contribution >= 4 is 55.1 Å². The zero-order chi connectivity index (χ0) is 29.6. The van der Waals surface area contributed by atoms with Gasteiger partial charge in [-0.05, 0) is 86.3 Å². The van der Waals surface area contributed by atoms with Crippen LogP contribution in [0.2, 0.25) is 5.02 Å². The highest BCUT2D eigenvalue weighted by atomic mass is 79.9. The molecule has 1 unspecified atom stereocenters. The molecule has 1 atom stereocenters. The molecule has 1 aliphatic carbocycles. The summed E-state index contributed by atoms with van der Waals surface area (Å²) >= 11 is 9.49. The summed E-state index contributed by atoms with van der Waals surface area (Å²) in [7, 11) is -4.15. The maximum absolute atomic E-state index is 14.1. The first-order valence-corrected chi connectivity index (χ1v) is 16.3. The largest absolute Gasteiger partial charge is 0.352 e. The van der Waals surface area contributed by atoms with E-state index in [9.17, 15) is 18.0 Å². The van der Waals surface area contributed by atoms with Gasteiger partial charge >= 0.3 is 0 Å². The van der Waals surface area contributed by atoms with Gasteiger partial charge in [-0.2, -0.15) is 0 Å². The number of carbonyl (C=O) groups is 2. The zero-order valence-electron chi connectivity index (χ0n) is 23.2. The summed E-state index contributed by atoms with van der Waals surface area (Å²) in [5.74, 6) is -0.738. The minimum absolute atomic E-state index is 0.0119. The molecule has 218 valence electrons. The van der Waals surface area contributed by atoms with Crippen LogP contribution in [0.4, 0.5) is 5.69 Å². The fraction of sp³-hybridized carbons (Fsp3) is 0.355. The molecular weight excluding hydrogens is 626 g/mol. The Morgan fingerprint density at radius 2 is 1.68 bits per heavy atom. The minimum Gasteiger partial charge on any atom is -0.352 e. The van der Waals surface area contributed by atoms with E-state index in [-0.39, 0.29) is 23.4 Å². The predicted molar refractivity (Wildman–Crippen MR) is 166 cm³/mol. The molecule has 0 spiro atoms. The third kappa shape index (κ3) is 8.11. The monoisotopic (exact) mass is 659 g/mol. The molecule has 1 fully saturated rings. The van der Waals surface area contributed by atoms with E-state index in [2.05, 4.69) is 21.2 Å². The quantitative estimate of drug-likeness (QED) is 0.270. The summed E-state index contributed by atoms with van der Waals surface area (Å²) in [5.41, 5.74) is 2.01. The molecule has 0 aliphatic heterocycles. The van der Waals surface area contributed by atoms with Gasteiger partial charge in [0.2, 0.25) is 11.8 Å². The Morgan fingerprint density at radius 3 is 2.34 bits per heavy atom. The highest BCUT2D eigenvalue weighted by Crippen LogP contribution is 2.27. The van der Waals surface area contributed by atoms with Crippen LogP contribution in [-0.2, 0) is 26.2 Å². The van der Waals surface area contributed by atoms with Crippen LogP contribution in [0.1, 0.15) is 50.2 Å². The van der Waals surface area contributed by atoms with Crippen LogP contribution in [0.5, 0.6) is 0 Å². The van der Waals surface area contributed by atoms with Crippen molar-refractivity contribution in [3.63, 3.8) is 0 Å². The van der Waals surface area contributed by atoms with Crippen molar-refractivity contribution in [2.45, 2.75) is 69.5 Å². The van der Waals surface area contributed by atoms with Crippen molar-refractivity contribution in [3.8, 4) is 0 Å². The first-order valence-electron chi connectivity index (χ1n) is 13.7. The average Bonchev–Trinajstić information content (AvgIpc) is 2.95. The van der Waals surface area contributed by atoms with Crippen LogP contribution in [0, 0.1) is 6.92 Å². The van der Waals surface area contributed by atoms with E-state index in [0.29, 0.717) is 10.7 Å². The number of anilines is 1. The summed E-state index contributed by atoms with van der Waals surface area (Å²) < 4.78 is 29.8. The molecule has 1 N–H and O–H groups in total. The fourth-order valence-electron chi connectivity index (χ4n) is 5.03. The summed E-state index contributed by atoms with van der Waals surface area (Å²) in [6.45, 7) is 3.21. The second-order valence-corrected chi connectivity index (χ2v) is 13.7. The Balaban J connectivity index is 1.68. The lowest BCUT2D eigenvalue weighted by atomic mass is 9.95. The number of nitrogens with one attached hydrogen (secondary N) is 1. The van der Waals surface area contributed by atoms with Gasteiger partial charge in [0, 0.05) is 22.1 Å². The molecule has 0 heterocycles. The van der Waals surface area contributed by atoms with Crippen LogP contribution in [-0.4, -0.2) is 43.8 Å². The molecule has 7 nitrogen and oxygen atoms in total. The van der Waals surface area contributed by atoms with E-state index >= 15 is 0 Å². The highest BCUT2D eigenvalue weighted by Gasteiger charge is 2.33. The van der Waals surface area contributed by atoms with Crippen LogP contribution < -0.4 is 9.62 Å². The second kappa shape index (κ2) is 13.9. The van der Waals surface area contributed by atoms with Crippen LogP contribution in [0.15, 0.2) is 82.2 Å². The number of aryl methyl sites for hydroxylation is 1. The van der Waals surface area contributed by atoms with E-state index in [1.807, 2.05) is 37.3 Å². The summed E-state index contributed by atoms with van der Waals surface area (Å²) in [5, 5.41) is 3.52. The number of benzene rings is 3. The van der Waals surface area contributed by atoms with Crippen molar-refractivity contribution in [2.24, 2.45) is 0 Å². The lowest BCUT2D eigenvalue weighted by Gasteiger charge is -2.33. The average molecular weight is 661 g/mol. The van der Waals surface area contributed by atoms with Crippen LogP contribution in [0.3, 0.4) is 0 Å². The number of rotatable bonds is 10. The number of nitrogens with zero attached hydrogens (tertiary/aromatic N) is 2. The van der Waals surface area contributed by atoms with E-state index < -0.39 is 28.5 Å². The molecule has 41 heavy (non-hydrogen) atoms. The van der Waals surface area contributed by atoms with Gasteiger partial charge in [-0.25, -0.2) is 8.42 Å². The van der Waals surface area contributed by atoms with Gasteiger partial charge in [0.25, 0.3) is 10.0 Å². The SMILES string of the molecule is Cc1cccc(N(CC(=O)N(Cc2cccc(Br)c2)C(C)C(=O)NC2CCCCC2)S(=O)(=O)c2ccc(Cl)cc2)c1. The van der Waals surface area contributed by atoms with Crippen LogP contribution in [0.25, 0.3) is 0 Å². The Hall–Kier alpha value is -2.88. The molecular formula is C31H35BrClN3O4S. The Morgan fingerprint density at radius 1 is 1.00 bits per heavy atom. The van der Waals surface area contributed by atoms with E-state index in [0.717, 1.165) is 52.0 Å². The van der Waals surface area contributed by atoms with Crippen molar-refractivity contribution in [1.29, 1.82) is 0 Å². The number of hydrogen-bond acceptors (Lipinski definition) is 4. The van der Waals surface area contributed by atoms with Crippen molar-refractivity contribution in [3.05, 3.63) is 93.4 Å². The Labute approximate surface area is 256 Å². The van der Waals surface area contributed by atoms with Gasteiger partial charge in [-0.3, -0.25) is 13.9 Å². The number of sulfonamides is 1. The highest BCUT2D eigenvalue weighted by molar-refractivity contribution is 9.10. The number of halogens is 2. The molecule has 4 rings (SSSR count). The maximum Gasteiger partial charge on any atom is 0.264 e. The molecule has 2 amide bonds. The third-order valence-electron chi connectivity index (χ3n) is 7.33. The number of hydrogen-bond donors (Lipinski definition) is 1. The lowest BCUT2D eigenvalue weighted by molar-refractivity contribution is -0.139. The molecule has 0 aromatic heterocycles. The van der Waals surface area contributed by atoms with E-state index in [4.69, 9.17) is 11.6 Å². The predicted octanol–water partition coefficient (Wildman–Crippen LogP) is 6.47. The molecule has 3 aromatic rings. The van der Waals surface area contributed by atoms with Crippen molar-refractivity contribution in [2.75, 3.05) is 10.8 Å². The molecule has 10 heteroatoms. The normalized spacial score (nSPS) is 14.7. The minimum atomic E-state index is -4.15. The molecule has 0 bridgehead atoms. The van der Waals surface area contributed by atoms with Crippen LogP contribution >= 0.6 is 27.5 Å². The Bertz CT molecular complexity index is 1480.